The van der Waals surface area contributed by atoms with Crippen molar-refractivity contribution in [2.75, 3.05) is 0 Å². The van der Waals surface area contributed by atoms with Crippen LogP contribution >= 0.6 is 0 Å². The van der Waals surface area contributed by atoms with Gasteiger partial charge in [0.25, 0.3) is 0 Å². The first kappa shape index (κ1) is 18.5. The fraction of sp³-hybridized carbons (Fsp3) is 0. The first-order valence-corrected chi connectivity index (χ1v) is 9.94. The van der Waals surface area contributed by atoms with Gasteiger partial charge >= 0.3 is 10.1 Å². The Morgan fingerprint density at radius 2 is 1.72 bits per heavy atom. The lowest BCUT2D eigenvalue weighted by atomic mass is 10.1. The Hall–Kier alpha value is -3.89. The van der Waals surface area contributed by atoms with Gasteiger partial charge in [-0.2, -0.15) is 13.7 Å². The molecule has 29 heavy (non-hydrogen) atoms. The summed E-state index contributed by atoms with van der Waals surface area (Å²) >= 11 is 0. The van der Waals surface area contributed by atoms with Crippen LogP contribution in [0.5, 0.6) is 5.75 Å². The molecular formula is C22H13NO5S. The summed E-state index contributed by atoms with van der Waals surface area (Å²) in [7, 11) is -4.15. The predicted octanol–water partition coefficient (Wildman–Crippen LogP) is 4.10. The third kappa shape index (κ3) is 3.61. The molecule has 4 aromatic rings. The van der Waals surface area contributed by atoms with E-state index < -0.39 is 10.1 Å². The molecule has 0 N–H and O–H groups in total. The molecule has 0 radical (unpaired) electrons. The van der Waals surface area contributed by atoms with Gasteiger partial charge in [0.2, 0.25) is 0 Å². The quantitative estimate of drug-likeness (QED) is 0.476. The van der Waals surface area contributed by atoms with Gasteiger partial charge in [-0.3, -0.25) is 4.79 Å². The van der Waals surface area contributed by atoms with Crippen LogP contribution in [0, 0.1) is 11.3 Å². The topological polar surface area (TPSA) is 97.4 Å². The molecule has 0 aliphatic heterocycles. The van der Waals surface area contributed by atoms with E-state index in [2.05, 4.69) is 0 Å². The Morgan fingerprint density at radius 3 is 2.48 bits per heavy atom. The van der Waals surface area contributed by atoms with Gasteiger partial charge in [0.1, 0.15) is 22.5 Å². The molecular weight excluding hydrogens is 390 g/mol. The minimum atomic E-state index is -4.15. The maximum Gasteiger partial charge on any atom is 0.339 e. The van der Waals surface area contributed by atoms with Crippen molar-refractivity contribution in [1.29, 1.82) is 5.26 Å². The lowest BCUT2D eigenvalue weighted by Crippen LogP contribution is -2.10. The van der Waals surface area contributed by atoms with Gasteiger partial charge in [0.05, 0.1) is 22.6 Å². The zero-order valence-corrected chi connectivity index (χ0v) is 15.7. The third-order valence-corrected chi connectivity index (χ3v) is 5.53. The van der Waals surface area contributed by atoms with Crippen molar-refractivity contribution in [3.8, 4) is 22.9 Å². The van der Waals surface area contributed by atoms with Crippen LogP contribution in [0.25, 0.3) is 22.1 Å². The van der Waals surface area contributed by atoms with Crippen LogP contribution < -0.4 is 9.61 Å². The monoisotopic (exact) mass is 403 g/mol. The van der Waals surface area contributed by atoms with Crippen molar-refractivity contribution < 1.29 is 17.0 Å². The zero-order chi connectivity index (χ0) is 20.4. The smallest absolute Gasteiger partial charge is 0.339 e. The van der Waals surface area contributed by atoms with Crippen molar-refractivity contribution in [3.05, 3.63) is 94.8 Å². The molecule has 6 nitrogen and oxygen atoms in total. The van der Waals surface area contributed by atoms with Crippen LogP contribution in [-0.4, -0.2) is 8.42 Å². The van der Waals surface area contributed by atoms with E-state index >= 15 is 0 Å². The number of benzene rings is 3. The molecule has 1 heterocycles. The Balaban J connectivity index is 1.71. The standard InChI is InChI=1S/C22H13NO5S/c23-13-15-5-4-8-18(11-15)29(25,26)28-17-9-10-19-21(12-17)27-14-20(22(19)24)16-6-2-1-3-7-16/h1-12,14H. The summed E-state index contributed by atoms with van der Waals surface area (Å²) in [5.41, 5.74) is 1.31. The van der Waals surface area contributed by atoms with E-state index in [1.54, 1.807) is 12.1 Å². The van der Waals surface area contributed by atoms with E-state index in [0.717, 1.165) is 5.56 Å². The maximum atomic E-state index is 12.8. The van der Waals surface area contributed by atoms with Crippen LogP contribution in [0.3, 0.4) is 0 Å². The highest BCUT2D eigenvalue weighted by Gasteiger charge is 2.18. The minimum Gasteiger partial charge on any atom is -0.463 e. The van der Waals surface area contributed by atoms with E-state index in [1.807, 2.05) is 24.3 Å². The molecule has 0 aliphatic rings. The summed E-state index contributed by atoms with van der Waals surface area (Å²) in [6.45, 7) is 0. The van der Waals surface area contributed by atoms with Crippen molar-refractivity contribution >= 4 is 21.1 Å². The largest absolute Gasteiger partial charge is 0.463 e. The van der Waals surface area contributed by atoms with Crippen LogP contribution in [0.15, 0.2) is 93.2 Å². The van der Waals surface area contributed by atoms with Crippen LogP contribution in [0.4, 0.5) is 0 Å². The van der Waals surface area contributed by atoms with Crippen molar-refractivity contribution in [2.24, 2.45) is 0 Å². The summed E-state index contributed by atoms with van der Waals surface area (Å²) in [6.07, 6.45) is 1.34. The molecule has 0 aliphatic carbocycles. The van der Waals surface area contributed by atoms with E-state index in [-0.39, 0.29) is 27.2 Å². The van der Waals surface area contributed by atoms with E-state index in [1.165, 1.54) is 48.7 Å². The van der Waals surface area contributed by atoms with Crippen LogP contribution in [-0.2, 0) is 10.1 Å². The molecule has 4 rings (SSSR count). The number of nitriles is 1. The maximum absolute atomic E-state index is 12.8. The second kappa shape index (κ2) is 7.26. The first-order chi connectivity index (χ1) is 14.0. The highest BCUT2D eigenvalue weighted by Crippen LogP contribution is 2.25. The number of nitrogens with zero attached hydrogens (tertiary/aromatic N) is 1. The molecule has 0 atom stereocenters. The molecule has 7 heteroatoms. The van der Waals surface area contributed by atoms with Gasteiger partial charge in [-0.15, -0.1) is 0 Å². The average molecular weight is 403 g/mol. The Labute approximate surface area is 166 Å². The summed E-state index contributed by atoms with van der Waals surface area (Å²) in [5.74, 6) is -0.00419. The zero-order valence-electron chi connectivity index (χ0n) is 14.9. The SMILES string of the molecule is N#Cc1cccc(S(=O)(=O)Oc2ccc3c(=O)c(-c4ccccc4)coc3c2)c1. The molecule has 0 bridgehead atoms. The van der Waals surface area contributed by atoms with Crippen molar-refractivity contribution in [1.82, 2.24) is 0 Å². The second-order valence-electron chi connectivity index (χ2n) is 6.18. The van der Waals surface area contributed by atoms with E-state index in [9.17, 15) is 13.2 Å². The number of hydrogen-bond acceptors (Lipinski definition) is 6. The number of fused-ring (bicyclic) bond motifs is 1. The molecule has 3 aromatic carbocycles. The molecule has 0 saturated carbocycles. The second-order valence-corrected chi connectivity index (χ2v) is 7.73. The normalized spacial score (nSPS) is 11.1. The van der Waals surface area contributed by atoms with E-state index in [0.29, 0.717) is 10.9 Å². The number of hydrogen-bond donors (Lipinski definition) is 0. The van der Waals surface area contributed by atoms with Gasteiger partial charge in [0.15, 0.2) is 5.43 Å². The molecule has 1 aromatic heterocycles. The van der Waals surface area contributed by atoms with Gasteiger partial charge in [-0.05, 0) is 35.9 Å². The molecule has 142 valence electrons. The molecule has 0 saturated heterocycles. The highest BCUT2D eigenvalue weighted by molar-refractivity contribution is 7.87. The van der Waals surface area contributed by atoms with Gasteiger partial charge in [-0.25, -0.2) is 0 Å². The minimum absolute atomic E-state index is 0.00419. The Kier molecular flexibility index (Phi) is 4.63. The Bertz CT molecular complexity index is 1420. The van der Waals surface area contributed by atoms with Gasteiger partial charge in [0, 0.05) is 6.07 Å². The fourth-order valence-corrected chi connectivity index (χ4v) is 3.84. The molecule has 0 amide bonds. The van der Waals surface area contributed by atoms with Crippen molar-refractivity contribution in [2.45, 2.75) is 4.90 Å². The van der Waals surface area contributed by atoms with Crippen molar-refractivity contribution in [3.63, 3.8) is 0 Å². The lowest BCUT2D eigenvalue weighted by Gasteiger charge is -2.08. The third-order valence-electron chi connectivity index (χ3n) is 4.29. The molecule has 0 spiro atoms. The first-order valence-electron chi connectivity index (χ1n) is 8.53. The summed E-state index contributed by atoms with van der Waals surface area (Å²) in [6, 6.07) is 20.7. The average Bonchev–Trinajstić information content (AvgIpc) is 2.74. The van der Waals surface area contributed by atoms with Gasteiger partial charge < -0.3 is 8.60 Å². The summed E-state index contributed by atoms with van der Waals surface area (Å²) in [4.78, 5) is 12.6. The van der Waals surface area contributed by atoms with Gasteiger partial charge in [-0.1, -0.05) is 36.4 Å². The fourth-order valence-electron chi connectivity index (χ4n) is 2.87. The summed E-state index contributed by atoms with van der Waals surface area (Å²) < 4.78 is 35.7. The predicted molar refractivity (Wildman–Crippen MR) is 107 cm³/mol. The molecule has 0 unspecified atom stereocenters. The van der Waals surface area contributed by atoms with Crippen LogP contribution in [0.1, 0.15) is 5.56 Å². The highest BCUT2D eigenvalue weighted by atomic mass is 32.2. The Morgan fingerprint density at radius 1 is 0.931 bits per heavy atom. The molecule has 0 fully saturated rings. The summed E-state index contributed by atoms with van der Waals surface area (Å²) in [5, 5.41) is 9.25. The van der Waals surface area contributed by atoms with Crippen LogP contribution in [0.2, 0.25) is 0 Å². The number of rotatable bonds is 4. The van der Waals surface area contributed by atoms with E-state index in [4.69, 9.17) is 13.9 Å². The lowest BCUT2D eigenvalue weighted by molar-refractivity contribution is 0.485.